The Morgan fingerprint density at radius 1 is 1.60 bits per heavy atom. The van der Waals surface area contributed by atoms with Crippen LogP contribution in [0.15, 0.2) is 24.4 Å². The van der Waals surface area contributed by atoms with Gasteiger partial charge in [0.1, 0.15) is 11.6 Å². The molecule has 0 aliphatic heterocycles. The zero-order valence-electron chi connectivity index (χ0n) is 10.4. The van der Waals surface area contributed by atoms with Gasteiger partial charge in [-0.2, -0.15) is 10.5 Å². The monoisotopic (exact) mass is 271 g/mol. The molecule has 0 fully saturated rings. The number of hydrogen-bond donors (Lipinski definition) is 2. The summed E-state index contributed by atoms with van der Waals surface area (Å²) < 4.78 is 0. The molecule has 0 aliphatic rings. The molecule has 20 heavy (non-hydrogen) atoms. The molecule has 1 aromatic carbocycles. The van der Waals surface area contributed by atoms with Crippen LogP contribution in [0.3, 0.4) is 0 Å². The average molecular weight is 271 g/mol. The number of benzene rings is 1. The fourth-order valence-electron chi connectivity index (χ4n) is 1.45. The quantitative estimate of drug-likeness (QED) is 0.487. The van der Waals surface area contributed by atoms with Gasteiger partial charge >= 0.3 is 0 Å². The van der Waals surface area contributed by atoms with Gasteiger partial charge in [0.25, 0.3) is 5.69 Å². The number of nitrogens with zero attached hydrogens (tertiary/aromatic N) is 5. The number of aromatic nitrogens is 4. The van der Waals surface area contributed by atoms with Crippen molar-refractivity contribution in [2.75, 3.05) is 5.32 Å². The molecule has 0 spiro atoms. The molecule has 0 radical (unpaired) electrons. The Balaban J connectivity index is 2.28. The van der Waals surface area contributed by atoms with Crippen molar-refractivity contribution in [3.8, 4) is 6.07 Å². The normalized spacial score (nSPS) is 10.9. The molecule has 2 N–H and O–H groups in total. The summed E-state index contributed by atoms with van der Waals surface area (Å²) in [5.41, 5.74) is 1.45. The number of aryl methyl sites for hydroxylation is 1. The molecule has 2 aromatic rings. The summed E-state index contributed by atoms with van der Waals surface area (Å²) in [6, 6.07) is 6.33. The molecule has 9 nitrogen and oxygen atoms in total. The van der Waals surface area contributed by atoms with Crippen molar-refractivity contribution in [2.24, 2.45) is 0 Å². The first-order valence-corrected chi connectivity index (χ1v) is 5.47. The predicted octanol–water partition coefficient (Wildman–Crippen LogP) is 1.39. The maximum atomic E-state index is 10.7. The Kier molecular flexibility index (Phi) is 3.67. The van der Waals surface area contributed by atoms with Gasteiger partial charge in [-0.15, -0.1) is 10.2 Å². The van der Waals surface area contributed by atoms with Gasteiger partial charge in [-0.25, -0.2) is 0 Å². The number of nitro benzene ring substituents is 1. The third kappa shape index (κ3) is 2.75. The molecular weight excluding hydrogens is 262 g/mol. The Labute approximate surface area is 113 Å². The summed E-state index contributed by atoms with van der Waals surface area (Å²) in [6.07, 6.45) is 1.37. The number of nitriles is 1. The van der Waals surface area contributed by atoms with E-state index < -0.39 is 4.92 Å². The van der Waals surface area contributed by atoms with Crippen LogP contribution in [0.4, 0.5) is 11.4 Å². The number of aromatic amines is 1. The molecule has 0 bridgehead atoms. The van der Waals surface area contributed by atoms with Crippen LogP contribution >= 0.6 is 0 Å². The highest BCUT2D eigenvalue weighted by Gasteiger charge is 2.09. The minimum absolute atomic E-state index is 0.0374. The fraction of sp³-hybridized carbons (Fsp3) is 0.0909. The largest absolute Gasteiger partial charge is 0.360 e. The highest BCUT2D eigenvalue weighted by atomic mass is 16.6. The Morgan fingerprint density at radius 2 is 2.40 bits per heavy atom. The van der Waals surface area contributed by atoms with Crippen LogP contribution < -0.4 is 5.32 Å². The third-order valence-corrected chi connectivity index (χ3v) is 2.51. The number of nitro groups is 1. The van der Waals surface area contributed by atoms with E-state index in [-0.39, 0.29) is 17.1 Å². The van der Waals surface area contributed by atoms with Crippen molar-refractivity contribution in [3.63, 3.8) is 0 Å². The summed E-state index contributed by atoms with van der Waals surface area (Å²) in [7, 11) is 0. The summed E-state index contributed by atoms with van der Waals surface area (Å²) in [5, 5.41) is 35.5. The maximum absolute atomic E-state index is 10.7. The van der Waals surface area contributed by atoms with Crippen molar-refractivity contribution in [1.82, 2.24) is 20.6 Å². The highest BCUT2D eigenvalue weighted by Crippen LogP contribution is 2.22. The second-order valence-electron chi connectivity index (χ2n) is 3.81. The van der Waals surface area contributed by atoms with E-state index in [2.05, 4.69) is 25.9 Å². The molecule has 0 aliphatic carbocycles. The maximum Gasteiger partial charge on any atom is 0.271 e. The Bertz CT molecular complexity index is 700. The molecule has 0 atom stereocenters. The molecule has 0 unspecified atom stereocenters. The summed E-state index contributed by atoms with van der Waals surface area (Å²) >= 11 is 0. The van der Waals surface area contributed by atoms with E-state index in [1.807, 2.05) is 6.07 Å². The number of H-pyrrole nitrogens is 1. The van der Waals surface area contributed by atoms with Gasteiger partial charge in [-0.1, -0.05) is 6.07 Å². The number of rotatable bonds is 4. The minimum Gasteiger partial charge on any atom is -0.360 e. The molecule has 100 valence electrons. The smallest absolute Gasteiger partial charge is 0.271 e. The average Bonchev–Trinajstić information content (AvgIpc) is 2.95. The first kappa shape index (κ1) is 13.2. The summed E-state index contributed by atoms with van der Waals surface area (Å²) in [5.74, 6) is 0.142. The van der Waals surface area contributed by atoms with Crippen LogP contribution in [0.25, 0.3) is 5.57 Å². The summed E-state index contributed by atoms with van der Waals surface area (Å²) in [4.78, 5) is 10.2. The second kappa shape index (κ2) is 5.57. The zero-order chi connectivity index (χ0) is 14.5. The molecule has 0 saturated heterocycles. The van der Waals surface area contributed by atoms with E-state index >= 15 is 0 Å². The van der Waals surface area contributed by atoms with Crippen molar-refractivity contribution in [1.29, 1.82) is 5.26 Å². The minimum atomic E-state index is -0.487. The highest BCUT2D eigenvalue weighted by molar-refractivity contribution is 5.74. The fourth-order valence-corrected chi connectivity index (χ4v) is 1.45. The van der Waals surface area contributed by atoms with E-state index in [9.17, 15) is 10.1 Å². The van der Waals surface area contributed by atoms with Crippen molar-refractivity contribution in [3.05, 3.63) is 45.9 Å². The molecule has 0 amide bonds. The van der Waals surface area contributed by atoms with Crippen molar-refractivity contribution >= 4 is 16.9 Å². The van der Waals surface area contributed by atoms with Gasteiger partial charge in [0.05, 0.1) is 4.92 Å². The molecule has 1 heterocycles. The molecule has 1 aromatic heterocycles. The van der Waals surface area contributed by atoms with Crippen LogP contribution in [0.5, 0.6) is 0 Å². The Morgan fingerprint density at radius 3 is 3.00 bits per heavy atom. The lowest BCUT2D eigenvalue weighted by atomic mass is 10.2. The first-order chi connectivity index (χ1) is 9.61. The summed E-state index contributed by atoms with van der Waals surface area (Å²) in [6.45, 7) is 1.79. The SMILES string of the molecule is Cc1ccc([N+](=O)[O-])cc1NC=C(C#N)c1nn[nH]n1. The second-order valence-corrected chi connectivity index (χ2v) is 3.81. The van der Waals surface area contributed by atoms with Crippen molar-refractivity contribution < 1.29 is 4.92 Å². The number of nitrogens with one attached hydrogen (secondary N) is 2. The number of anilines is 1. The number of tetrazole rings is 1. The van der Waals surface area contributed by atoms with Crippen molar-refractivity contribution in [2.45, 2.75) is 6.92 Å². The van der Waals surface area contributed by atoms with Gasteiger partial charge in [0, 0.05) is 24.0 Å². The third-order valence-electron chi connectivity index (χ3n) is 2.51. The molecule has 0 saturated carbocycles. The van der Waals surface area contributed by atoms with Gasteiger partial charge in [0.15, 0.2) is 0 Å². The van der Waals surface area contributed by atoms with E-state index in [4.69, 9.17) is 5.26 Å². The van der Waals surface area contributed by atoms with Gasteiger partial charge in [0.2, 0.25) is 5.82 Å². The lowest BCUT2D eigenvalue weighted by Gasteiger charge is -2.05. The topological polar surface area (TPSA) is 133 Å². The first-order valence-electron chi connectivity index (χ1n) is 5.47. The standard InChI is InChI=1S/C11H9N7O2/c1-7-2-3-9(18(19)20)4-10(7)13-6-8(5-12)11-14-16-17-15-11/h2-4,6,13H,1H3,(H,14,15,16,17). The lowest BCUT2D eigenvalue weighted by molar-refractivity contribution is -0.384. The Hall–Kier alpha value is -3.28. The number of non-ortho nitro benzene ring substituents is 1. The van der Waals surface area contributed by atoms with Gasteiger partial charge in [-0.3, -0.25) is 10.1 Å². The van der Waals surface area contributed by atoms with E-state index in [0.717, 1.165) is 5.56 Å². The zero-order valence-corrected chi connectivity index (χ0v) is 10.4. The van der Waals surface area contributed by atoms with E-state index in [1.54, 1.807) is 13.0 Å². The van der Waals surface area contributed by atoms with Crippen LogP contribution in [0.1, 0.15) is 11.4 Å². The van der Waals surface area contributed by atoms with Gasteiger partial charge in [-0.05, 0) is 17.7 Å². The predicted molar refractivity (Wildman–Crippen MR) is 69.2 cm³/mol. The van der Waals surface area contributed by atoms with Crippen LogP contribution in [-0.2, 0) is 0 Å². The number of allylic oxidation sites excluding steroid dienone is 1. The number of hydrogen-bond acceptors (Lipinski definition) is 7. The molecule has 9 heteroatoms. The lowest BCUT2D eigenvalue weighted by Crippen LogP contribution is -1.96. The van der Waals surface area contributed by atoms with E-state index in [1.165, 1.54) is 18.3 Å². The van der Waals surface area contributed by atoms with Crippen LogP contribution in [0, 0.1) is 28.4 Å². The van der Waals surface area contributed by atoms with Gasteiger partial charge < -0.3 is 5.32 Å². The molecular formula is C11H9N7O2. The van der Waals surface area contributed by atoms with E-state index in [0.29, 0.717) is 5.69 Å². The van der Waals surface area contributed by atoms with Crippen LogP contribution in [0.2, 0.25) is 0 Å². The van der Waals surface area contributed by atoms with Crippen LogP contribution in [-0.4, -0.2) is 25.5 Å². The molecule has 2 rings (SSSR count).